The van der Waals surface area contributed by atoms with Crippen molar-refractivity contribution < 1.29 is 4.79 Å². The van der Waals surface area contributed by atoms with Crippen LogP contribution in [0.4, 0.5) is 0 Å². The zero-order chi connectivity index (χ0) is 8.48. The van der Waals surface area contributed by atoms with Crippen molar-refractivity contribution >= 4 is 5.91 Å². The molecule has 1 unspecified atom stereocenters. The Bertz CT molecular complexity index is 161. The normalized spacial score (nSPS) is 22.5. The maximum atomic E-state index is 11.4. The van der Waals surface area contributed by atoms with E-state index in [1.807, 2.05) is 13.8 Å². The average molecular weight is 155 g/mol. The van der Waals surface area contributed by atoms with Crippen molar-refractivity contribution in [3.8, 4) is 0 Å². The summed E-state index contributed by atoms with van der Waals surface area (Å²) in [6, 6.07) is 0.333. The molecule has 1 fully saturated rings. The average Bonchev–Trinajstić information content (AvgIpc) is 2.69. The van der Waals surface area contributed by atoms with Crippen LogP contribution in [0.3, 0.4) is 0 Å². The summed E-state index contributed by atoms with van der Waals surface area (Å²) >= 11 is 0. The molecule has 0 spiro atoms. The van der Waals surface area contributed by atoms with Crippen LogP contribution in [0.5, 0.6) is 0 Å². The summed E-state index contributed by atoms with van der Waals surface area (Å²) < 4.78 is 0. The van der Waals surface area contributed by atoms with Gasteiger partial charge in [-0.05, 0) is 26.2 Å². The molecular formula is C9H17NO. The van der Waals surface area contributed by atoms with E-state index in [0.717, 1.165) is 19.3 Å². The van der Waals surface area contributed by atoms with Gasteiger partial charge in [-0.15, -0.1) is 0 Å². The monoisotopic (exact) mass is 155 g/mol. The van der Waals surface area contributed by atoms with Gasteiger partial charge in [0.05, 0.1) is 0 Å². The van der Waals surface area contributed by atoms with Gasteiger partial charge in [0.1, 0.15) is 0 Å². The molecule has 1 atom stereocenters. The molecule has 1 rings (SSSR count). The predicted octanol–water partition coefficient (Wildman–Crippen LogP) is 1.70. The zero-order valence-electron chi connectivity index (χ0n) is 7.61. The first-order valence-corrected chi connectivity index (χ1v) is 4.39. The summed E-state index contributed by atoms with van der Waals surface area (Å²) in [5.74, 6) is 0.242. The standard InChI is InChI=1S/C9H17NO/c1-4-7(2)10-8(11)9(3)5-6-9/h7H,4-6H2,1-3H3,(H,10,11). The first-order valence-electron chi connectivity index (χ1n) is 4.39. The minimum absolute atomic E-state index is 0.0105. The smallest absolute Gasteiger partial charge is 0.226 e. The number of nitrogens with one attached hydrogen (secondary N) is 1. The lowest BCUT2D eigenvalue weighted by Gasteiger charge is -2.14. The molecule has 0 aromatic rings. The Labute approximate surface area is 68.4 Å². The first kappa shape index (κ1) is 8.57. The van der Waals surface area contributed by atoms with Crippen LogP contribution in [-0.2, 0) is 4.79 Å². The van der Waals surface area contributed by atoms with E-state index >= 15 is 0 Å². The third kappa shape index (κ3) is 1.95. The van der Waals surface area contributed by atoms with Gasteiger partial charge in [0.15, 0.2) is 0 Å². The maximum absolute atomic E-state index is 11.4. The summed E-state index contributed by atoms with van der Waals surface area (Å²) in [6.45, 7) is 6.16. The third-order valence-corrected chi connectivity index (χ3v) is 2.54. The maximum Gasteiger partial charge on any atom is 0.226 e. The quantitative estimate of drug-likeness (QED) is 0.660. The van der Waals surface area contributed by atoms with Gasteiger partial charge in [-0.3, -0.25) is 4.79 Å². The van der Waals surface area contributed by atoms with Crippen LogP contribution in [0.1, 0.15) is 40.0 Å². The summed E-state index contributed by atoms with van der Waals surface area (Å²) in [4.78, 5) is 11.4. The Morgan fingerprint density at radius 1 is 1.64 bits per heavy atom. The van der Waals surface area contributed by atoms with Crippen LogP contribution < -0.4 is 5.32 Å². The van der Waals surface area contributed by atoms with Gasteiger partial charge >= 0.3 is 0 Å². The second kappa shape index (κ2) is 2.84. The lowest BCUT2D eigenvalue weighted by atomic mass is 10.1. The molecule has 0 aromatic heterocycles. The highest BCUT2D eigenvalue weighted by Gasteiger charge is 2.44. The molecule has 2 heteroatoms. The van der Waals surface area contributed by atoms with Crippen LogP contribution in [0.25, 0.3) is 0 Å². The van der Waals surface area contributed by atoms with E-state index in [2.05, 4.69) is 12.2 Å². The molecule has 1 saturated carbocycles. The fourth-order valence-electron chi connectivity index (χ4n) is 0.915. The Hall–Kier alpha value is -0.530. The van der Waals surface area contributed by atoms with E-state index in [9.17, 15) is 4.79 Å². The van der Waals surface area contributed by atoms with Crippen LogP contribution in [0.2, 0.25) is 0 Å². The van der Waals surface area contributed by atoms with Crippen LogP contribution >= 0.6 is 0 Å². The topological polar surface area (TPSA) is 29.1 Å². The predicted molar refractivity (Wildman–Crippen MR) is 45.2 cm³/mol. The Balaban J connectivity index is 2.32. The minimum atomic E-state index is -0.0105. The number of carbonyl (C=O) groups excluding carboxylic acids is 1. The third-order valence-electron chi connectivity index (χ3n) is 2.54. The van der Waals surface area contributed by atoms with Crippen molar-refractivity contribution in [2.75, 3.05) is 0 Å². The molecule has 2 nitrogen and oxygen atoms in total. The molecule has 1 N–H and O–H groups in total. The Morgan fingerprint density at radius 3 is 2.55 bits per heavy atom. The zero-order valence-corrected chi connectivity index (χ0v) is 7.61. The van der Waals surface area contributed by atoms with Gasteiger partial charge in [0.2, 0.25) is 5.91 Å². The van der Waals surface area contributed by atoms with Crippen molar-refractivity contribution in [2.45, 2.75) is 46.1 Å². The number of rotatable bonds is 3. The lowest BCUT2D eigenvalue weighted by Crippen LogP contribution is -2.36. The van der Waals surface area contributed by atoms with Crippen molar-refractivity contribution in [2.24, 2.45) is 5.41 Å². The summed E-state index contributed by atoms with van der Waals surface area (Å²) in [7, 11) is 0. The number of carbonyl (C=O) groups is 1. The van der Waals surface area contributed by atoms with E-state index in [1.54, 1.807) is 0 Å². The second-order valence-electron chi connectivity index (χ2n) is 3.84. The fraction of sp³-hybridized carbons (Fsp3) is 0.889. The molecule has 64 valence electrons. The van der Waals surface area contributed by atoms with E-state index < -0.39 is 0 Å². The Morgan fingerprint density at radius 2 is 2.18 bits per heavy atom. The van der Waals surface area contributed by atoms with Gasteiger partial charge in [-0.2, -0.15) is 0 Å². The highest BCUT2D eigenvalue weighted by molar-refractivity contribution is 5.84. The second-order valence-corrected chi connectivity index (χ2v) is 3.84. The number of hydrogen-bond acceptors (Lipinski definition) is 1. The summed E-state index contributed by atoms with van der Waals surface area (Å²) in [5, 5.41) is 2.99. The van der Waals surface area contributed by atoms with E-state index in [0.29, 0.717) is 6.04 Å². The molecule has 0 heterocycles. The lowest BCUT2D eigenvalue weighted by molar-refractivity contribution is -0.126. The first-order chi connectivity index (χ1) is 5.08. The van der Waals surface area contributed by atoms with Crippen LogP contribution in [0.15, 0.2) is 0 Å². The van der Waals surface area contributed by atoms with Crippen molar-refractivity contribution in [1.29, 1.82) is 0 Å². The van der Waals surface area contributed by atoms with E-state index in [-0.39, 0.29) is 11.3 Å². The highest BCUT2D eigenvalue weighted by atomic mass is 16.2. The molecule has 0 saturated heterocycles. The molecule has 1 aliphatic carbocycles. The van der Waals surface area contributed by atoms with Crippen molar-refractivity contribution in [1.82, 2.24) is 5.32 Å². The van der Waals surface area contributed by atoms with Crippen molar-refractivity contribution in [3.63, 3.8) is 0 Å². The molecule has 0 aliphatic heterocycles. The summed E-state index contributed by atoms with van der Waals surface area (Å²) in [5.41, 5.74) is -0.0105. The number of hydrogen-bond donors (Lipinski definition) is 1. The molecule has 0 bridgehead atoms. The van der Waals surface area contributed by atoms with Gasteiger partial charge in [-0.1, -0.05) is 13.8 Å². The molecular weight excluding hydrogens is 138 g/mol. The molecule has 1 amide bonds. The minimum Gasteiger partial charge on any atom is -0.353 e. The van der Waals surface area contributed by atoms with Crippen LogP contribution in [-0.4, -0.2) is 11.9 Å². The molecule has 0 aromatic carbocycles. The molecule has 1 aliphatic rings. The Kier molecular flexibility index (Phi) is 2.21. The van der Waals surface area contributed by atoms with Crippen molar-refractivity contribution in [3.05, 3.63) is 0 Å². The number of amides is 1. The van der Waals surface area contributed by atoms with Crippen LogP contribution in [0, 0.1) is 5.41 Å². The van der Waals surface area contributed by atoms with Gasteiger partial charge in [0.25, 0.3) is 0 Å². The molecule has 0 radical (unpaired) electrons. The van der Waals surface area contributed by atoms with Gasteiger partial charge < -0.3 is 5.32 Å². The van der Waals surface area contributed by atoms with E-state index in [4.69, 9.17) is 0 Å². The largest absolute Gasteiger partial charge is 0.353 e. The highest BCUT2D eigenvalue weighted by Crippen LogP contribution is 2.45. The summed E-state index contributed by atoms with van der Waals surface area (Å²) in [6.07, 6.45) is 3.15. The SMILES string of the molecule is CCC(C)NC(=O)C1(C)CC1. The van der Waals surface area contributed by atoms with E-state index in [1.165, 1.54) is 0 Å². The fourth-order valence-corrected chi connectivity index (χ4v) is 0.915. The van der Waals surface area contributed by atoms with Gasteiger partial charge in [-0.25, -0.2) is 0 Å². The van der Waals surface area contributed by atoms with Gasteiger partial charge in [0, 0.05) is 11.5 Å². The molecule has 11 heavy (non-hydrogen) atoms.